The van der Waals surface area contributed by atoms with Crippen LogP contribution in [0.1, 0.15) is 32.0 Å². The fourth-order valence-corrected chi connectivity index (χ4v) is 4.12. The number of hydrogen-bond donors (Lipinski definition) is 3. The SMILES string of the molecule is Cc1ccc(NC(=O)c2ccc3c(c2)OCCO3)cc1NC(=O)c1ccc2nc(CN(C)C(=O)O)ccc2c1. The van der Waals surface area contributed by atoms with Gasteiger partial charge in [-0.25, -0.2) is 4.79 Å². The van der Waals surface area contributed by atoms with E-state index < -0.39 is 6.09 Å². The van der Waals surface area contributed by atoms with Crippen molar-refractivity contribution in [3.05, 3.63) is 89.1 Å². The van der Waals surface area contributed by atoms with Crippen molar-refractivity contribution < 1.29 is 29.0 Å². The van der Waals surface area contributed by atoms with Crippen molar-refractivity contribution in [1.82, 2.24) is 9.88 Å². The van der Waals surface area contributed by atoms with Gasteiger partial charge in [-0.3, -0.25) is 14.6 Å². The number of aryl methyl sites for hydroxylation is 1. The van der Waals surface area contributed by atoms with Crippen LogP contribution in [0.3, 0.4) is 0 Å². The molecule has 1 aliphatic rings. The van der Waals surface area contributed by atoms with Gasteiger partial charge in [0.1, 0.15) is 13.2 Å². The molecule has 0 unspecified atom stereocenters. The largest absolute Gasteiger partial charge is 0.486 e. The Balaban J connectivity index is 1.29. The quantitative estimate of drug-likeness (QED) is 0.325. The number of pyridine rings is 1. The van der Waals surface area contributed by atoms with Gasteiger partial charge >= 0.3 is 6.09 Å². The van der Waals surface area contributed by atoms with Crippen LogP contribution in [-0.2, 0) is 6.54 Å². The molecule has 5 rings (SSSR count). The topological polar surface area (TPSA) is 130 Å². The van der Waals surface area contributed by atoms with Crippen LogP contribution in [0.2, 0.25) is 0 Å². The molecule has 1 aliphatic heterocycles. The highest BCUT2D eigenvalue weighted by Crippen LogP contribution is 2.31. The van der Waals surface area contributed by atoms with Crippen molar-refractivity contribution in [2.24, 2.45) is 0 Å². The number of carbonyl (C=O) groups is 3. The highest BCUT2D eigenvalue weighted by Gasteiger charge is 2.16. The highest BCUT2D eigenvalue weighted by molar-refractivity contribution is 6.08. The summed E-state index contributed by atoms with van der Waals surface area (Å²) in [6.45, 7) is 2.93. The number of hydrogen-bond acceptors (Lipinski definition) is 6. The molecule has 0 atom stereocenters. The molecule has 0 saturated carbocycles. The number of amides is 3. The third-order valence-corrected chi connectivity index (χ3v) is 6.28. The van der Waals surface area contributed by atoms with Gasteiger partial charge in [-0.05, 0) is 67.1 Å². The van der Waals surface area contributed by atoms with E-state index in [9.17, 15) is 14.4 Å². The highest BCUT2D eigenvalue weighted by atomic mass is 16.6. The number of nitrogens with one attached hydrogen (secondary N) is 2. The van der Waals surface area contributed by atoms with Crippen LogP contribution in [0.5, 0.6) is 11.5 Å². The first-order valence-electron chi connectivity index (χ1n) is 12.2. The minimum Gasteiger partial charge on any atom is -0.486 e. The third kappa shape index (κ3) is 5.74. The van der Waals surface area contributed by atoms with E-state index in [1.165, 1.54) is 7.05 Å². The van der Waals surface area contributed by atoms with E-state index in [-0.39, 0.29) is 18.4 Å². The van der Waals surface area contributed by atoms with Gasteiger partial charge in [0, 0.05) is 34.9 Å². The lowest BCUT2D eigenvalue weighted by atomic mass is 10.1. The number of carboxylic acid groups (broad SMARTS) is 1. The summed E-state index contributed by atoms with van der Waals surface area (Å²) in [6, 6.07) is 19.0. The molecule has 2 heterocycles. The number of fused-ring (bicyclic) bond motifs is 2. The number of benzene rings is 3. The van der Waals surface area contributed by atoms with Crippen LogP contribution < -0.4 is 20.1 Å². The van der Waals surface area contributed by atoms with Gasteiger partial charge in [0.2, 0.25) is 0 Å². The first kappa shape index (κ1) is 25.5. The fourth-order valence-electron chi connectivity index (χ4n) is 4.12. The van der Waals surface area contributed by atoms with Crippen molar-refractivity contribution in [2.75, 3.05) is 30.9 Å². The van der Waals surface area contributed by atoms with Crippen LogP contribution in [0.4, 0.5) is 16.2 Å². The van der Waals surface area contributed by atoms with Crippen molar-refractivity contribution >= 4 is 40.2 Å². The monoisotopic (exact) mass is 526 g/mol. The van der Waals surface area contributed by atoms with Gasteiger partial charge in [-0.15, -0.1) is 0 Å². The number of aromatic nitrogens is 1. The van der Waals surface area contributed by atoms with E-state index in [1.54, 1.807) is 54.6 Å². The summed E-state index contributed by atoms with van der Waals surface area (Å²) in [5, 5.41) is 15.6. The summed E-state index contributed by atoms with van der Waals surface area (Å²) in [4.78, 5) is 42.6. The lowest BCUT2D eigenvalue weighted by Gasteiger charge is -2.18. The van der Waals surface area contributed by atoms with Crippen LogP contribution in [0.15, 0.2) is 66.7 Å². The molecule has 3 amide bonds. The number of anilines is 2. The Labute approximate surface area is 224 Å². The Hall–Kier alpha value is -5.12. The summed E-state index contributed by atoms with van der Waals surface area (Å²) in [6.07, 6.45) is -1.04. The van der Waals surface area contributed by atoms with E-state index in [1.807, 2.05) is 19.1 Å². The van der Waals surface area contributed by atoms with E-state index in [4.69, 9.17) is 14.6 Å². The first-order valence-corrected chi connectivity index (χ1v) is 12.2. The minimum absolute atomic E-state index is 0.161. The molecule has 0 spiro atoms. The fraction of sp³-hybridized carbons (Fsp3) is 0.172. The van der Waals surface area contributed by atoms with Crippen molar-refractivity contribution in [2.45, 2.75) is 13.5 Å². The minimum atomic E-state index is -1.04. The van der Waals surface area contributed by atoms with Gasteiger partial charge in [0.25, 0.3) is 11.8 Å². The maximum absolute atomic E-state index is 13.1. The molecule has 4 aromatic rings. The maximum atomic E-state index is 13.1. The molecule has 10 heteroatoms. The number of rotatable bonds is 6. The number of ether oxygens (including phenoxy) is 2. The average molecular weight is 527 g/mol. The lowest BCUT2D eigenvalue weighted by molar-refractivity contribution is 0.101. The summed E-state index contributed by atoms with van der Waals surface area (Å²) >= 11 is 0. The Kier molecular flexibility index (Phi) is 7.00. The van der Waals surface area contributed by atoms with Gasteiger partial charge in [0.15, 0.2) is 11.5 Å². The lowest BCUT2D eigenvalue weighted by Crippen LogP contribution is -2.24. The van der Waals surface area contributed by atoms with Gasteiger partial charge in [0.05, 0.1) is 17.8 Å². The Morgan fingerprint density at radius 3 is 2.38 bits per heavy atom. The van der Waals surface area contributed by atoms with E-state index in [2.05, 4.69) is 15.6 Å². The van der Waals surface area contributed by atoms with E-state index in [0.717, 1.165) is 15.8 Å². The van der Waals surface area contributed by atoms with Crippen LogP contribution >= 0.6 is 0 Å². The normalized spacial score (nSPS) is 12.1. The standard InChI is InChI=1S/C29H26N4O6/c1-17-3-7-21(31-27(34)20-6-10-25-26(14-20)39-12-11-38-25)15-24(17)32-28(35)19-5-9-23-18(13-19)4-8-22(30-23)16-33(2)29(36)37/h3-10,13-15H,11-12,16H2,1-2H3,(H,31,34)(H,32,35)(H,36,37). The second-order valence-corrected chi connectivity index (χ2v) is 9.15. The third-order valence-electron chi connectivity index (χ3n) is 6.28. The molecule has 10 nitrogen and oxygen atoms in total. The molecule has 0 saturated heterocycles. The van der Waals surface area contributed by atoms with Gasteiger partial charge in [-0.2, -0.15) is 0 Å². The Morgan fingerprint density at radius 1 is 0.872 bits per heavy atom. The smallest absolute Gasteiger partial charge is 0.407 e. The Bertz CT molecular complexity index is 1600. The van der Waals surface area contributed by atoms with Crippen LogP contribution in [0.25, 0.3) is 10.9 Å². The zero-order chi connectivity index (χ0) is 27.5. The number of carbonyl (C=O) groups excluding carboxylic acids is 2. The van der Waals surface area contributed by atoms with Gasteiger partial charge < -0.3 is 30.1 Å². The molecular formula is C29H26N4O6. The molecule has 3 aromatic carbocycles. The number of nitrogens with zero attached hydrogens (tertiary/aromatic N) is 2. The molecule has 0 aliphatic carbocycles. The van der Waals surface area contributed by atoms with E-state index >= 15 is 0 Å². The maximum Gasteiger partial charge on any atom is 0.407 e. The van der Waals surface area contributed by atoms with Crippen molar-refractivity contribution in [3.8, 4) is 11.5 Å². The van der Waals surface area contributed by atoms with Crippen LogP contribution in [-0.4, -0.2) is 53.2 Å². The first-order chi connectivity index (χ1) is 18.8. The molecule has 3 N–H and O–H groups in total. The summed E-state index contributed by atoms with van der Waals surface area (Å²) < 4.78 is 11.1. The average Bonchev–Trinajstić information content (AvgIpc) is 2.94. The zero-order valence-corrected chi connectivity index (χ0v) is 21.4. The van der Waals surface area contributed by atoms with Crippen molar-refractivity contribution in [3.63, 3.8) is 0 Å². The molecular weight excluding hydrogens is 500 g/mol. The molecule has 0 fully saturated rings. The second-order valence-electron chi connectivity index (χ2n) is 9.15. The summed E-state index contributed by atoms with van der Waals surface area (Å²) in [7, 11) is 1.47. The molecule has 0 bridgehead atoms. The molecule has 1 aromatic heterocycles. The molecule has 198 valence electrons. The van der Waals surface area contributed by atoms with Gasteiger partial charge in [-0.1, -0.05) is 12.1 Å². The van der Waals surface area contributed by atoms with E-state index in [0.29, 0.717) is 58.4 Å². The Morgan fingerprint density at radius 2 is 1.59 bits per heavy atom. The summed E-state index contributed by atoms with van der Waals surface area (Å²) in [5.74, 6) is 0.503. The second kappa shape index (κ2) is 10.7. The van der Waals surface area contributed by atoms with Crippen LogP contribution in [0, 0.1) is 6.92 Å². The molecule has 0 radical (unpaired) electrons. The predicted molar refractivity (Wildman–Crippen MR) is 146 cm³/mol. The molecule has 39 heavy (non-hydrogen) atoms. The predicted octanol–water partition coefficient (Wildman–Crippen LogP) is 4.93. The zero-order valence-electron chi connectivity index (χ0n) is 21.4. The summed E-state index contributed by atoms with van der Waals surface area (Å²) in [5.41, 5.74) is 4.04. The van der Waals surface area contributed by atoms with Crippen molar-refractivity contribution in [1.29, 1.82) is 0 Å².